The third kappa shape index (κ3) is 5.04. The Balaban J connectivity index is 2.01. The van der Waals surface area contributed by atoms with Crippen LogP contribution in [-0.2, 0) is 5.75 Å². The highest BCUT2D eigenvalue weighted by molar-refractivity contribution is 7.98. The molecular formula is C16H19Cl2N3S. The van der Waals surface area contributed by atoms with E-state index in [1.807, 2.05) is 25.3 Å². The van der Waals surface area contributed by atoms with Crippen LogP contribution >= 0.6 is 35.0 Å². The van der Waals surface area contributed by atoms with Crippen LogP contribution in [0.2, 0.25) is 10.0 Å². The van der Waals surface area contributed by atoms with Crippen molar-refractivity contribution < 1.29 is 0 Å². The number of aromatic nitrogens is 2. The second kappa shape index (κ2) is 8.61. The lowest BCUT2D eigenvalue weighted by molar-refractivity contribution is 0.823. The highest BCUT2D eigenvalue weighted by atomic mass is 35.5. The zero-order chi connectivity index (χ0) is 15.9. The van der Waals surface area contributed by atoms with Gasteiger partial charge in [-0.2, -0.15) is 0 Å². The molecule has 1 N–H and O–H groups in total. The minimum absolute atomic E-state index is 0.646. The molecule has 2 rings (SSSR count). The van der Waals surface area contributed by atoms with Gasteiger partial charge in [0.15, 0.2) is 5.16 Å². The molecule has 0 saturated heterocycles. The van der Waals surface area contributed by atoms with Gasteiger partial charge in [-0.3, -0.25) is 0 Å². The maximum Gasteiger partial charge on any atom is 0.189 e. The van der Waals surface area contributed by atoms with Crippen molar-refractivity contribution in [2.75, 3.05) is 11.9 Å². The van der Waals surface area contributed by atoms with Gasteiger partial charge >= 0.3 is 0 Å². The molecule has 1 heterocycles. The van der Waals surface area contributed by atoms with Crippen LogP contribution in [0.25, 0.3) is 0 Å². The van der Waals surface area contributed by atoms with Gasteiger partial charge in [-0.25, -0.2) is 9.97 Å². The summed E-state index contributed by atoms with van der Waals surface area (Å²) < 4.78 is 0. The smallest absolute Gasteiger partial charge is 0.189 e. The number of aryl methyl sites for hydroxylation is 1. The number of rotatable bonds is 7. The summed E-state index contributed by atoms with van der Waals surface area (Å²) in [4.78, 5) is 8.95. The molecule has 0 aliphatic heterocycles. The molecule has 118 valence electrons. The van der Waals surface area contributed by atoms with E-state index in [1.54, 1.807) is 17.8 Å². The first-order valence-corrected chi connectivity index (χ1v) is 8.98. The zero-order valence-corrected chi connectivity index (χ0v) is 15.0. The molecule has 0 radical (unpaired) electrons. The first-order valence-electron chi connectivity index (χ1n) is 7.24. The molecule has 22 heavy (non-hydrogen) atoms. The third-order valence-electron chi connectivity index (χ3n) is 3.14. The van der Waals surface area contributed by atoms with Crippen molar-refractivity contribution in [1.82, 2.24) is 9.97 Å². The Bertz CT molecular complexity index is 635. The van der Waals surface area contributed by atoms with Gasteiger partial charge in [0.2, 0.25) is 0 Å². The molecule has 0 spiro atoms. The number of nitrogens with zero attached hydrogens (tertiary/aromatic N) is 2. The van der Waals surface area contributed by atoms with Crippen LogP contribution in [0.1, 0.15) is 30.9 Å². The van der Waals surface area contributed by atoms with Crippen LogP contribution in [0.3, 0.4) is 0 Å². The van der Waals surface area contributed by atoms with Crippen LogP contribution in [0.4, 0.5) is 5.82 Å². The first-order chi connectivity index (χ1) is 10.6. The molecule has 0 bridgehead atoms. The van der Waals surface area contributed by atoms with Crippen molar-refractivity contribution in [3.8, 4) is 0 Å². The topological polar surface area (TPSA) is 37.8 Å². The molecule has 0 fully saturated rings. The van der Waals surface area contributed by atoms with E-state index in [-0.39, 0.29) is 0 Å². The summed E-state index contributed by atoms with van der Waals surface area (Å²) in [5, 5.41) is 5.43. The molecule has 1 aromatic heterocycles. The summed E-state index contributed by atoms with van der Waals surface area (Å²) in [6, 6.07) is 5.54. The Labute approximate surface area is 145 Å². The van der Waals surface area contributed by atoms with Crippen molar-refractivity contribution in [3.05, 3.63) is 45.6 Å². The average Bonchev–Trinajstić information content (AvgIpc) is 2.49. The molecule has 0 unspecified atom stereocenters. The Kier molecular flexibility index (Phi) is 6.80. The highest BCUT2D eigenvalue weighted by Crippen LogP contribution is 2.27. The fourth-order valence-corrected chi connectivity index (χ4v) is 3.21. The van der Waals surface area contributed by atoms with Gasteiger partial charge in [0.05, 0.1) is 0 Å². The largest absolute Gasteiger partial charge is 0.370 e. The molecular weight excluding hydrogens is 337 g/mol. The van der Waals surface area contributed by atoms with Gasteiger partial charge in [-0.1, -0.05) is 54.4 Å². The van der Waals surface area contributed by atoms with Gasteiger partial charge in [0, 0.05) is 34.1 Å². The normalized spacial score (nSPS) is 10.7. The van der Waals surface area contributed by atoms with Crippen molar-refractivity contribution in [2.45, 2.75) is 37.6 Å². The molecule has 3 nitrogen and oxygen atoms in total. The van der Waals surface area contributed by atoms with Gasteiger partial charge in [-0.05, 0) is 31.0 Å². The maximum absolute atomic E-state index is 6.19. The van der Waals surface area contributed by atoms with E-state index in [0.29, 0.717) is 15.8 Å². The molecule has 2 aromatic rings. The zero-order valence-electron chi connectivity index (χ0n) is 12.7. The fraction of sp³-hybridized carbons (Fsp3) is 0.375. The second-order valence-electron chi connectivity index (χ2n) is 4.99. The van der Waals surface area contributed by atoms with Crippen LogP contribution in [0.15, 0.2) is 29.6 Å². The minimum Gasteiger partial charge on any atom is -0.370 e. The van der Waals surface area contributed by atoms with E-state index in [9.17, 15) is 0 Å². The minimum atomic E-state index is 0.646. The number of halogens is 2. The van der Waals surface area contributed by atoms with E-state index in [4.69, 9.17) is 23.2 Å². The predicted octanol–water partition coefficient (Wildman–Crippen LogP) is 5.60. The van der Waals surface area contributed by atoms with Crippen molar-refractivity contribution in [1.29, 1.82) is 0 Å². The van der Waals surface area contributed by atoms with Gasteiger partial charge < -0.3 is 5.32 Å². The molecule has 1 aromatic carbocycles. The molecule has 0 aliphatic carbocycles. The van der Waals surface area contributed by atoms with Crippen LogP contribution in [0, 0.1) is 6.92 Å². The SMILES string of the molecule is CCCCNc1nc(SCc2ccc(Cl)cc2Cl)ncc1C. The lowest BCUT2D eigenvalue weighted by Crippen LogP contribution is -2.06. The van der Waals surface area contributed by atoms with E-state index in [2.05, 4.69) is 22.2 Å². The Morgan fingerprint density at radius 3 is 2.82 bits per heavy atom. The van der Waals surface area contributed by atoms with Gasteiger partial charge in [0.25, 0.3) is 0 Å². The summed E-state index contributed by atoms with van der Waals surface area (Å²) >= 11 is 13.7. The lowest BCUT2D eigenvalue weighted by atomic mass is 10.2. The quantitative estimate of drug-likeness (QED) is 0.398. The number of nitrogens with one attached hydrogen (secondary N) is 1. The maximum atomic E-state index is 6.19. The number of unbranched alkanes of at least 4 members (excludes halogenated alkanes) is 1. The van der Waals surface area contributed by atoms with E-state index < -0.39 is 0 Å². The van der Waals surface area contributed by atoms with Crippen LogP contribution < -0.4 is 5.32 Å². The van der Waals surface area contributed by atoms with Crippen molar-refractivity contribution >= 4 is 40.8 Å². The first kappa shape index (κ1) is 17.4. The number of thioether (sulfide) groups is 1. The average molecular weight is 356 g/mol. The summed E-state index contributed by atoms with van der Waals surface area (Å²) in [5.74, 6) is 1.63. The van der Waals surface area contributed by atoms with Gasteiger partial charge in [0.1, 0.15) is 5.82 Å². The Hall–Kier alpha value is -0.970. The molecule has 0 saturated carbocycles. The molecule has 0 atom stereocenters. The number of hydrogen-bond donors (Lipinski definition) is 1. The predicted molar refractivity (Wildman–Crippen MR) is 96.2 cm³/mol. The van der Waals surface area contributed by atoms with Crippen molar-refractivity contribution in [3.63, 3.8) is 0 Å². The van der Waals surface area contributed by atoms with Crippen molar-refractivity contribution in [2.24, 2.45) is 0 Å². The summed E-state index contributed by atoms with van der Waals surface area (Å²) in [6.45, 7) is 5.12. The monoisotopic (exact) mass is 355 g/mol. The Morgan fingerprint density at radius 2 is 2.09 bits per heavy atom. The molecule has 0 aliphatic rings. The van der Waals surface area contributed by atoms with E-state index >= 15 is 0 Å². The number of hydrogen-bond acceptors (Lipinski definition) is 4. The van der Waals surface area contributed by atoms with Gasteiger partial charge in [-0.15, -0.1) is 0 Å². The van der Waals surface area contributed by atoms with E-state index in [1.165, 1.54) is 0 Å². The molecule has 0 amide bonds. The lowest BCUT2D eigenvalue weighted by Gasteiger charge is -2.09. The summed E-state index contributed by atoms with van der Waals surface area (Å²) in [6.07, 6.45) is 4.15. The number of anilines is 1. The molecule has 6 heteroatoms. The second-order valence-corrected chi connectivity index (χ2v) is 6.78. The van der Waals surface area contributed by atoms with Crippen LogP contribution in [0.5, 0.6) is 0 Å². The van der Waals surface area contributed by atoms with E-state index in [0.717, 1.165) is 41.5 Å². The number of benzene rings is 1. The summed E-state index contributed by atoms with van der Waals surface area (Å²) in [7, 11) is 0. The van der Waals surface area contributed by atoms with Crippen LogP contribution in [-0.4, -0.2) is 16.5 Å². The standard InChI is InChI=1S/C16H19Cl2N3S/c1-3-4-7-19-15-11(2)9-20-16(21-15)22-10-12-5-6-13(17)8-14(12)18/h5-6,8-9H,3-4,7,10H2,1-2H3,(H,19,20,21). The highest BCUT2D eigenvalue weighted by Gasteiger charge is 2.07. The summed E-state index contributed by atoms with van der Waals surface area (Å²) in [5.41, 5.74) is 2.09. The fourth-order valence-electron chi connectivity index (χ4n) is 1.84. The third-order valence-corrected chi connectivity index (χ3v) is 4.64. The Morgan fingerprint density at radius 1 is 1.27 bits per heavy atom.